The molecule has 0 saturated heterocycles. The third kappa shape index (κ3) is 4.21. The Balaban J connectivity index is 2.58. The zero-order valence-electron chi connectivity index (χ0n) is 9.78. The summed E-state index contributed by atoms with van der Waals surface area (Å²) in [5, 5.41) is 20.4. The van der Waals surface area contributed by atoms with Gasteiger partial charge in [0, 0.05) is 6.54 Å². The maximum Gasteiger partial charge on any atom is 0.287 e. The van der Waals surface area contributed by atoms with Crippen molar-refractivity contribution >= 4 is 11.7 Å². The van der Waals surface area contributed by atoms with Gasteiger partial charge in [-0.3, -0.25) is 4.79 Å². The van der Waals surface area contributed by atoms with E-state index in [2.05, 4.69) is 20.8 Å². The number of hydrogen-bond acceptors (Lipinski definition) is 5. The minimum atomic E-state index is -3.22. The summed E-state index contributed by atoms with van der Waals surface area (Å²) in [5.74, 6) is -3.49. The van der Waals surface area contributed by atoms with Gasteiger partial charge < -0.3 is 15.7 Å². The van der Waals surface area contributed by atoms with E-state index in [0.29, 0.717) is 6.54 Å². The summed E-state index contributed by atoms with van der Waals surface area (Å²) >= 11 is 0. The molecule has 1 amide bonds. The number of nitrogens with one attached hydrogen (secondary N) is 2. The zero-order valence-corrected chi connectivity index (χ0v) is 9.78. The second kappa shape index (κ2) is 6.20. The molecule has 0 aliphatic heterocycles. The molecule has 1 rings (SSSR count). The first-order valence-corrected chi connectivity index (χ1v) is 5.33. The van der Waals surface area contributed by atoms with Gasteiger partial charge in [-0.15, -0.1) is 10.2 Å². The first-order chi connectivity index (χ1) is 8.48. The lowest BCUT2D eigenvalue weighted by molar-refractivity contribution is -0.0373. The highest BCUT2D eigenvalue weighted by Gasteiger charge is 2.27. The summed E-state index contributed by atoms with van der Waals surface area (Å²) in [5.41, 5.74) is 0.108. The number of alkyl halides is 2. The normalized spacial score (nSPS) is 11.1. The fraction of sp³-hybridized carbons (Fsp3) is 0.500. The van der Waals surface area contributed by atoms with E-state index in [-0.39, 0.29) is 17.4 Å². The van der Waals surface area contributed by atoms with Crippen molar-refractivity contribution in [2.45, 2.75) is 12.8 Å². The van der Waals surface area contributed by atoms with Gasteiger partial charge >= 0.3 is 0 Å². The van der Waals surface area contributed by atoms with E-state index in [9.17, 15) is 13.6 Å². The minimum Gasteiger partial charge on any atom is -0.390 e. The Labute approximate surface area is 102 Å². The van der Waals surface area contributed by atoms with Crippen molar-refractivity contribution in [3.05, 3.63) is 17.8 Å². The van der Waals surface area contributed by atoms with Crippen LogP contribution in [-0.2, 0) is 0 Å². The maximum absolute atomic E-state index is 12.7. The second-order valence-corrected chi connectivity index (χ2v) is 3.53. The molecule has 0 unspecified atom stereocenters. The van der Waals surface area contributed by atoms with Crippen LogP contribution in [0, 0.1) is 0 Å². The summed E-state index contributed by atoms with van der Waals surface area (Å²) in [6, 6.07) is 2.74. The van der Waals surface area contributed by atoms with Crippen LogP contribution in [0.1, 0.15) is 17.4 Å². The monoisotopic (exact) mass is 260 g/mol. The van der Waals surface area contributed by atoms with Gasteiger partial charge in [0.15, 0.2) is 5.69 Å². The number of halogens is 2. The van der Waals surface area contributed by atoms with Gasteiger partial charge in [0.25, 0.3) is 11.8 Å². The number of aromatic nitrogens is 2. The summed E-state index contributed by atoms with van der Waals surface area (Å²) in [6.45, 7) is 0.227. The smallest absolute Gasteiger partial charge is 0.287 e. The average Bonchev–Trinajstić information content (AvgIpc) is 2.37. The molecule has 0 spiro atoms. The van der Waals surface area contributed by atoms with Gasteiger partial charge in [-0.2, -0.15) is 0 Å². The zero-order chi connectivity index (χ0) is 13.6. The SMILES string of the molecule is CCNC(=O)c1ccc(NCC(F)(F)CO)nn1. The lowest BCUT2D eigenvalue weighted by atomic mass is 10.3. The van der Waals surface area contributed by atoms with E-state index in [0.717, 1.165) is 0 Å². The van der Waals surface area contributed by atoms with Crippen molar-refractivity contribution in [2.75, 3.05) is 25.0 Å². The van der Waals surface area contributed by atoms with Crippen LogP contribution in [0.5, 0.6) is 0 Å². The highest BCUT2D eigenvalue weighted by atomic mass is 19.3. The van der Waals surface area contributed by atoms with Gasteiger partial charge in [0.2, 0.25) is 0 Å². The number of carbonyl (C=O) groups is 1. The van der Waals surface area contributed by atoms with Crippen LogP contribution in [-0.4, -0.2) is 46.8 Å². The number of anilines is 1. The van der Waals surface area contributed by atoms with Crippen LogP contribution in [0.2, 0.25) is 0 Å². The Morgan fingerprint density at radius 3 is 2.67 bits per heavy atom. The minimum absolute atomic E-state index is 0.108. The van der Waals surface area contributed by atoms with Crippen molar-refractivity contribution in [1.82, 2.24) is 15.5 Å². The molecule has 0 aliphatic carbocycles. The van der Waals surface area contributed by atoms with Gasteiger partial charge in [-0.05, 0) is 19.1 Å². The van der Waals surface area contributed by atoms with Crippen LogP contribution in [0.25, 0.3) is 0 Å². The average molecular weight is 260 g/mol. The Hall–Kier alpha value is -1.83. The predicted octanol–water partition coefficient (Wildman–Crippen LogP) is 0.266. The largest absolute Gasteiger partial charge is 0.390 e. The summed E-state index contributed by atoms with van der Waals surface area (Å²) in [6.07, 6.45) is 0. The van der Waals surface area contributed by atoms with E-state index in [1.54, 1.807) is 6.92 Å². The maximum atomic E-state index is 12.7. The third-order valence-electron chi connectivity index (χ3n) is 1.99. The molecule has 0 bridgehead atoms. The van der Waals surface area contributed by atoms with Crippen LogP contribution in [0.3, 0.4) is 0 Å². The molecule has 6 nitrogen and oxygen atoms in total. The molecule has 100 valence electrons. The molecule has 0 fully saturated rings. The molecule has 0 radical (unpaired) electrons. The van der Waals surface area contributed by atoms with E-state index < -0.39 is 19.1 Å². The number of amides is 1. The van der Waals surface area contributed by atoms with Crippen LogP contribution < -0.4 is 10.6 Å². The third-order valence-corrected chi connectivity index (χ3v) is 1.99. The number of rotatable bonds is 6. The first-order valence-electron chi connectivity index (χ1n) is 5.33. The van der Waals surface area contributed by atoms with Crippen molar-refractivity contribution < 1.29 is 18.7 Å². The van der Waals surface area contributed by atoms with E-state index in [4.69, 9.17) is 5.11 Å². The summed E-state index contributed by atoms with van der Waals surface area (Å²) in [4.78, 5) is 11.3. The number of hydrogen-bond donors (Lipinski definition) is 3. The number of nitrogens with zero attached hydrogens (tertiary/aromatic N) is 2. The molecule has 0 aliphatic rings. The van der Waals surface area contributed by atoms with Crippen molar-refractivity contribution in [3.8, 4) is 0 Å². The highest BCUT2D eigenvalue weighted by molar-refractivity contribution is 5.92. The molecule has 3 N–H and O–H groups in total. The molecule has 0 saturated carbocycles. The van der Waals surface area contributed by atoms with Crippen LogP contribution in [0.4, 0.5) is 14.6 Å². The summed E-state index contributed by atoms with van der Waals surface area (Å²) < 4.78 is 25.4. The molecule has 0 atom stereocenters. The topological polar surface area (TPSA) is 87.1 Å². The van der Waals surface area contributed by atoms with Gasteiger partial charge in [-0.1, -0.05) is 0 Å². The Morgan fingerprint density at radius 2 is 2.17 bits per heavy atom. The lowest BCUT2D eigenvalue weighted by Gasteiger charge is -2.13. The number of carbonyl (C=O) groups excluding carboxylic acids is 1. The molecule has 1 aromatic rings. The quantitative estimate of drug-likeness (QED) is 0.683. The molecular formula is C10H14F2N4O2. The number of aliphatic hydroxyl groups excluding tert-OH is 1. The Morgan fingerprint density at radius 1 is 1.44 bits per heavy atom. The first kappa shape index (κ1) is 14.2. The molecule has 1 aromatic heterocycles. The highest BCUT2D eigenvalue weighted by Crippen LogP contribution is 2.13. The fourth-order valence-electron chi connectivity index (χ4n) is 1.07. The molecule has 18 heavy (non-hydrogen) atoms. The lowest BCUT2D eigenvalue weighted by Crippen LogP contribution is -2.31. The van der Waals surface area contributed by atoms with Crippen molar-refractivity contribution in [1.29, 1.82) is 0 Å². The van der Waals surface area contributed by atoms with E-state index in [1.165, 1.54) is 12.1 Å². The molecular weight excluding hydrogens is 246 g/mol. The Bertz CT molecular complexity index is 397. The van der Waals surface area contributed by atoms with Gasteiger partial charge in [0.05, 0.1) is 6.54 Å². The number of aliphatic hydroxyl groups is 1. The van der Waals surface area contributed by atoms with Crippen molar-refractivity contribution in [2.24, 2.45) is 0 Å². The fourth-order valence-corrected chi connectivity index (χ4v) is 1.07. The van der Waals surface area contributed by atoms with Crippen LogP contribution in [0.15, 0.2) is 12.1 Å². The Kier molecular flexibility index (Phi) is 4.90. The summed E-state index contributed by atoms with van der Waals surface area (Å²) in [7, 11) is 0. The van der Waals surface area contributed by atoms with Crippen molar-refractivity contribution in [3.63, 3.8) is 0 Å². The van der Waals surface area contributed by atoms with Gasteiger partial charge in [0.1, 0.15) is 12.4 Å². The molecule has 1 heterocycles. The van der Waals surface area contributed by atoms with E-state index in [1.807, 2.05) is 0 Å². The predicted molar refractivity (Wildman–Crippen MR) is 60.6 cm³/mol. The molecule has 0 aromatic carbocycles. The standard InChI is InChI=1S/C10H14F2N4O2/c1-2-13-9(18)7-3-4-8(16-15-7)14-5-10(11,12)6-17/h3-4,17H,2,5-6H2,1H3,(H,13,18)(H,14,16). The van der Waals surface area contributed by atoms with Crippen LogP contribution >= 0.6 is 0 Å². The van der Waals surface area contributed by atoms with E-state index >= 15 is 0 Å². The second-order valence-electron chi connectivity index (χ2n) is 3.53. The van der Waals surface area contributed by atoms with Gasteiger partial charge in [-0.25, -0.2) is 8.78 Å². The molecule has 8 heteroatoms.